The number of amides is 1. The third kappa shape index (κ3) is 6.52. The van der Waals surface area contributed by atoms with Gasteiger partial charge < -0.3 is 10.6 Å². The number of nitrogens with one attached hydrogen (secondary N) is 2. The summed E-state index contributed by atoms with van der Waals surface area (Å²) >= 11 is 1.52. The highest BCUT2D eigenvalue weighted by Crippen LogP contribution is 2.25. The first-order chi connectivity index (χ1) is 11.9. The third-order valence-corrected chi connectivity index (χ3v) is 5.40. The number of carbonyl (C=O) groups is 1. The molecule has 0 bridgehead atoms. The molecule has 1 saturated heterocycles. The number of carbonyl (C=O) groups excluding carboxylic acids is 1. The summed E-state index contributed by atoms with van der Waals surface area (Å²) in [6, 6.07) is 7.99. The van der Waals surface area contributed by atoms with Crippen molar-refractivity contribution in [3.05, 3.63) is 30.3 Å². The number of halogens is 3. The molecule has 0 radical (unpaired) electrons. The monoisotopic (exact) mass is 375 g/mol. The van der Waals surface area contributed by atoms with Gasteiger partial charge >= 0.3 is 6.18 Å². The van der Waals surface area contributed by atoms with Gasteiger partial charge in [0.2, 0.25) is 5.91 Å². The average Bonchev–Trinajstić information content (AvgIpc) is 2.60. The second-order valence-electron chi connectivity index (χ2n) is 6.11. The normalized spacial score (nSPS) is 18.6. The van der Waals surface area contributed by atoms with Gasteiger partial charge in [-0.1, -0.05) is 25.1 Å². The summed E-state index contributed by atoms with van der Waals surface area (Å²) in [6.45, 7) is 3.07. The average molecular weight is 375 g/mol. The van der Waals surface area contributed by atoms with Crippen molar-refractivity contribution in [3.63, 3.8) is 0 Å². The molecule has 2 rings (SSSR count). The van der Waals surface area contributed by atoms with Crippen LogP contribution >= 0.6 is 11.8 Å². The molecular formula is C17H24F3N3OS. The van der Waals surface area contributed by atoms with Crippen LogP contribution in [0.3, 0.4) is 0 Å². The van der Waals surface area contributed by atoms with Crippen molar-refractivity contribution in [2.45, 2.75) is 24.0 Å². The van der Waals surface area contributed by atoms with E-state index < -0.39 is 18.8 Å². The Morgan fingerprint density at radius 2 is 1.92 bits per heavy atom. The zero-order chi connectivity index (χ0) is 18.3. The number of alkyl halides is 3. The Labute approximate surface area is 150 Å². The zero-order valence-electron chi connectivity index (χ0n) is 14.2. The summed E-state index contributed by atoms with van der Waals surface area (Å²) in [5.41, 5.74) is 0. The fourth-order valence-corrected chi connectivity index (χ4v) is 3.57. The van der Waals surface area contributed by atoms with E-state index in [-0.39, 0.29) is 11.8 Å². The van der Waals surface area contributed by atoms with E-state index in [1.807, 2.05) is 30.3 Å². The molecule has 25 heavy (non-hydrogen) atoms. The molecule has 1 aliphatic rings. The number of rotatable bonds is 7. The van der Waals surface area contributed by atoms with Crippen molar-refractivity contribution in [1.82, 2.24) is 15.5 Å². The Kier molecular flexibility index (Phi) is 7.58. The molecule has 0 aliphatic carbocycles. The quantitative estimate of drug-likeness (QED) is 0.719. The van der Waals surface area contributed by atoms with Crippen LogP contribution in [0.25, 0.3) is 0 Å². The Bertz CT molecular complexity index is 536. The van der Waals surface area contributed by atoms with Gasteiger partial charge in [0.1, 0.15) is 6.04 Å². The summed E-state index contributed by atoms with van der Waals surface area (Å²) in [7, 11) is 0. The smallest absolute Gasteiger partial charge is 0.354 e. The highest BCUT2D eigenvalue weighted by atomic mass is 32.2. The number of benzene rings is 1. The maximum atomic E-state index is 13.3. The highest BCUT2D eigenvalue weighted by molar-refractivity contribution is 7.99. The predicted octanol–water partition coefficient (Wildman–Crippen LogP) is 2.37. The molecule has 1 aliphatic heterocycles. The van der Waals surface area contributed by atoms with Crippen LogP contribution in [0, 0.1) is 5.92 Å². The number of piperazine rings is 1. The Morgan fingerprint density at radius 3 is 2.52 bits per heavy atom. The Balaban J connectivity index is 1.82. The first-order valence-electron chi connectivity index (χ1n) is 8.35. The number of hydrogen-bond donors (Lipinski definition) is 2. The van der Waals surface area contributed by atoms with Crippen molar-refractivity contribution in [1.29, 1.82) is 0 Å². The van der Waals surface area contributed by atoms with E-state index in [0.717, 1.165) is 4.90 Å². The second-order valence-corrected chi connectivity index (χ2v) is 7.21. The lowest BCUT2D eigenvalue weighted by molar-refractivity contribution is -0.184. The molecule has 0 saturated carbocycles. The molecule has 1 fully saturated rings. The lowest BCUT2D eigenvalue weighted by atomic mass is 10.1. The van der Waals surface area contributed by atoms with Crippen molar-refractivity contribution in [2.24, 2.45) is 5.92 Å². The number of thioether (sulfide) groups is 1. The van der Waals surface area contributed by atoms with Crippen molar-refractivity contribution in [2.75, 3.05) is 38.5 Å². The summed E-state index contributed by atoms with van der Waals surface area (Å²) in [6.07, 6.45) is -4.35. The minimum absolute atomic E-state index is 0.333. The van der Waals surface area contributed by atoms with Gasteiger partial charge in [0.15, 0.2) is 0 Å². The topological polar surface area (TPSA) is 44.4 Å². The molecule has 2 atom stereocenters. The van der Waals surface area contributed by atoms with Crippen LogP contribution in [-0.4, -0.2) is 61.5 Å². The van der Waals surface area contributed by atoms with E-state index in [9.17, 15) is 18.0 Å². The van der Waals surface area contributed by atoms with E-state index in [1.54, 1.807) is 6.92 Å². The maximum absolute atomic E-state index is 13.3. The van der Waals surface area contributed by atoms with Gasteiger partial charge in [-0.05, 0) is 12.1 Å². The Morgan fingerprint density at radius 1 is 1.28 bits per heavy atom. The number of hydrogen-bond acceptors (Lipinski definition) is 4. The Hall–Kier alpha value is -1.25. The summed E-state index contributed by atoms with van der Waals surface area (Å²) in [5, 5.41) is 5.53. The first kappa shape index (κ1) is 20.1. The van der Waals surface area contributed by atoms with Gasteiger partial charge in [0.25, 0.3) is 0 Å². The van der Waals surface area contributed by atoms with E-state index in [1.165, 1.54) is 16.7 Å². The summed E-state index contributed by atoms with van der Waals surface area (Å²) < 4.78 is 39.9. The second kappa shape index (κ2) is 9.45. The zero-order valence-corrected chi connectivity index (χ0v) is 15.0. The molecule has 1 aromatic rings. The molecule has 140 valence electrons. The summed E-state index contributed by atoms with van der Waals surface area (Å²) in [5.74, 6) is -0.171. The first-order valence-corrected chi connectivity index (χ1v) is 9.33. The molecule has 4 nitrogen and oxygen atoms in total. The van der Waals surface area contributed by atoms with Gasteiger partial charge in [-0.3, -0.25) is 9.69 Å². The van der Waals surface area contributed by atoms with Gasteiger partial charge in [0, 0.05) is 49.3 Å². The molecular weight excluding hydrogens is 351 g/mol. The maximum Gasteiger partial charge on any atom is 0.405 e. The molecule has 1 amide bonds. The van der Waals surface area contributed by atoms with Crippen molar-refractivity contribution in [3.8, 4) is 0 Å². The van der Waals surface area contributed by atoms with Crippen LogP contribution in [-0.2, 0) is 4.79 Å². The van der Waals surface area contributed by atoms with Gasteiger partial charge in [-0.15, -0.1) is 11.8 Å². The van der Waals surface area contributed by atoms with Gasteiger partial charge in [-0.2, -0.15) is 13.2 Å². The molecule has 1 aromatic carbocycles. The molecule has 0 aromatic heterocycles. The van der Waals surface area contributed by atoms with E-state index in [2.05, 4.69) is 10.6 Å². The van der Waals surface area contributed by atoms with Gasteiger partial charge in [0.05, 0.1) is 0 Å². The van der Waals surface area contributed by atoms with Crippen LogP contribution in [0.4, 0.5) is 13.2 Å². The predicted molar refractivity (Wildman–Crippen MR) is 93.6 cm³/mol. The lowest BCUT2D eigenvalue weighted by Gasteiger charge is -2.36. The molecule has 1 heterocycles. The largest absolute Gasteiger partial charge is 0.405 e. The van der Waals surface area contributed by atoms with Crippen LogP contribution in [0.1, 0.15) is 6.92 Å². The van der Waals surface area contributed by atoms with Crippen molar-refractivity contribution >= 4 is 17.7 Å². The fraction of sp³-hybridized carbons (Fsp3) is 0.588. The van der Waals surface area contributed by atoms with Crippen LogP contribution < -0.4 is 10.6 Å². The fourth-order valence-electron chi connectivity index (χ4n) is 2.63. The van der Waals surface area contributed by atoms with Crippen LogP contribution in [0.5, 0.6) is 0 Å². The third-order valence-electron chi connectivity index (χ3n) is 4.13. The van der Waals surface area contributed by atoms with Crippen LogP contribution in [0.15, 0.2) is 35.2 Å². The minimum Gasteiger partial charge on any atom is -0.354 e. The van der Waals surface area contributed by atoms with E-state index in [0.29, 0.717) is 31.9 Å². The van der Waals surface area contributed by atoms with Gasteiger partial charge in [-0.25, -0.2) is 0 Å². The summed E-state index contributed by atoms with van der Waals surface area (Å²) in [4.78, 5) is 14.6. The molecule has 2 N–H and O–H groups in total. The molecule has 8 heteroatoms. The van der Waals surface area contributed by atoms with E-state index in [4.69, 9.17) is 0 Å². The molecule has 0 spiro atoms. The highest BCUT2D eigenvalue weighted by Gasteiger charge is 2.43. The van der Waals surface area contributed by atoms with E-state index >= 15 is 0 Å². The SMILES string of the molecule is CC(CSc1ccccc1)C(=O)NCC(N1CCNCC1)C(F)(F)F. The number of nitrogens with zero attached hydrogens (tertiary/aromatic N) is 1. The minimum atomic E-state index is -4.35. The standard InChI is InChI=1S/C17H24F3N3OS/c1-13(12-25-14-5-3-2-4-6-14)16(24)22-11-15(17(18,19)20)23-9-7-21-8-10-23/h2-6,13,15,21H,7-12H2,1H3,(H,22,24). The molecule has 2 unspecified atom stereocenters. The van der Waals surface area contributed by atoms with Crippen molar-refractivity contribution < 1.29 is 18.0 Å². The lowest BCUT2D eigenvalue weighted by Crippen LogP contribution is -2.57. The van der Waals surface area contributed by atoms with Crippen LogP contribution in [0.2, 0.25) is 0 Å².